The summed E-state index contributed by atoms with van der Waals surface area (Å²) in [6, 6.07) is 8.09. The van der Waals surface area contributed by atoms with Crippen molar-refractivity contribution in [2.24, 2.45) is 0 Å². The van der Waals surface area contributed by atoms with E-state index in [9.17, 15) is 0 Å². The van der Waals surface area contributed by atoms with Crippen LogP contribution in [-0.2, 0) is 0 Å². The fourth-order valence-corrected chi connectivity index (χ4v) is 1.59. The smallest absolute Gasteiger partial charge is 0.134 e. The van der Waals surface area contributed by atoms with Crippen LogP contribution in [0.3, 0.4) is 0 Å². The number of hydrogen-bond donors (Lipinski definition) is 1. The van der Waals surface area contributed by atoms with Crippen LogP contribution in [0.25, 0.3) is 11.0 Å². The van der Waals surface area contributed by atoms with E-state index in [4.69, 9.17) is 9.52 Å². The lowest BCUT2D eigenvalue weighted by Gasteiger charge is -2.06. The zero-order valence-corrected chi connectivity index (χ0v) is 8.45. The highest BCUT2D eigenvalue weighted by atomic mass is 16.3. The van der Waals surface area contributed by atoms with Crippen LogP contribution < -0.4 is 0 Å². The van der Waals surface area contributed by atoms with Crippen LogP contribution >= 0.6 is 0 Å². The van der Waals surface area contributed by atoms with Gasteiger partial charge < -0.3 is 9.52 Å². The highest BCUT2D eigenvalue weighted by molar-refractivity contribution is 5.78. The Morgan fingerprint density at radius 3 is 2.86 bits per heavy atom. The van der Waals surface area contributed by atoms with E-state index in [0.29, 0.717) is 0 Å². The van der Waals surface area contributed by atoms with Gasteiger partial charge in [-0.15, -0.1) is 0 Å². The minimum absolute atomic E-state index is 0.171. The van der Waals surface area contributed by atoms with Crippen LogP contribution in [0.1, 0.15) is 24.2 Å². The molecule has 1 aromatic heterocycles. The van der Waals surface area contributed by atoms with E-state index in [-0.39, 0.29) is 12.5 Å². The van der Waals surface area contributed by atoms with Crippen molar-refractivity contribution in [1.29, 1.82) is 0 Å². The van der Waals surface area contributed by atoms with E-state index >= 15 is 0 Å². The maximum absolute atomic E-state index is 9.03. The van der Waals surface area contributed by atoms with Crippen molar-refractivity contribution in [2.45, 2.75) is 19.8 Å². The molecule has 0 aliphatic carbocycles. The predicted molar refractivity (Wildman–Crippen MR) is 56.5 cm³/mol. The molecule has 0 aliphatic rings. The summed E-state index contributed by atoms with van der Waals surface area (Å²) in [5.41, 5.74) is 2.02. The number of aryl methyl sites for hydroxylation is 1. The fraction of sp³-hybridized carbons (Fsp3) is 0.333. The Balaban J connectivity index is 2.50. The Morgan fingerprint density at radius 1 is 1.36 bits per heavy atom. The van der Waals surface area contributed by atoms with E-state index < -0.39 is 0 Å². The second kappa shape index (κ2) is 3.46. The van der Waals surface area contributed by atoms with Crippen LogP contribution in [0, 0.1) is 6.92 Å². The number of furan rings is 1. The average molecular weight is 190 g/mol. The summed E-state index contributed by atoms with van der Waals surface area (Å²) in [4.78, 5) is 0. The molecular formula is C12H14O2. The lowest BCUT2D eigenvalue weighted by molar-refractivity contribution is 0.273. The summed E-state index contributed by atoms with van der Waals surface area (Å²) >= 11 is 0. The lowest BCUT2D eigenvalue weighted by atomic mass is 10.0. The van der Waals surface area contributed by atoms with Gasteiger partial charge in [-0.05, 0) is 24.6 Å². The van der Waals surface area contributed by atoms with Crippen molar-refractivity contribution in [1.82, 2.24) is 0 Å². The highest BCUT2D eigenvalue weighted by Gasteiger charge is 2.06. The van der Waals surface area contributed by atoms with E-state index in [1.54, 1.807) is 0 Å². The van der Waals surface area contributed by atoms with Crippen molar-refractivity contribution in [3.8, 4) is 0 Å². The molecule has 1 unspecified atom stereocenters. The Labute approximate surface area is 83.2 Å². The molecule has 1 N–H and O–H groups in total. The van der Waals surface area contributed by atoms with Gasteiger partial charge in [0.15, 0.2) is 0 Å². The molecule has 2 rings (SSSR count). The first-order valence-electron chi connectivity index (χ1n) is 4.81. The summed E-state index contributed by atoms with van der Waals surface area (Å²) in [5.74, 6) is 1.10. The minimum atomic E-state index is 0.171. The monoisotopic (exact) mass is 190 g/mol. The van der Waals surface area contributed by atoms with Crippen molar-refractivity contribution in [3.05, 3.63) is 35.6 Å². The van der Waals surface area contributed by atoms with Gasteiger partial charge in [0.05, 0.1) is 0 Å². The Kier molecular flexibility index (Phi) is 2.30. The molecule has 2 nitrogen and oxygen atoms in total. The maximum Gasteiger partial charge on any atom is 0.134 e. The normalized spacial score (nSPS) is 13.4. The van der Waals surface area contributed by atoms with Crippen LogP contribution in [0.2, 0.25) is 0 Å². The minimum Gasteiger partial charge on any atom is -0.461 e. The molecule has 2 heteroatoms. The number of fused-ring (bicyclic) bond motifs is 1. The second-order valence-corrected chi connectivity index (χ2v) is 3.74. The molecule has 0 radical (unpaired) electrons. The van der Waals surface area contributed by atoms with Gasteiger partial charge in [-0.25, -0.2) is 0 Å². The van der Waals surface area contributed by atoms with Gasteiger partial charge >= 0.3 is 0 Å². The Morgan fingerprint density at radius 2 is 2.14 bits per heavy atom. The van der Waals surface area contributed by atoms with Gasteiger partial charge in [0.25, 0.3) is 0 Å². The summed E-state index contributed by atoms with van der Waals surface area (Å²) in [6.45, 7) is 4.11. The van der Waals surface area contributed by atoms with Gasteiger partial charge in [-0.3, -0.25) is 0 Å². The largest absolute Gasteiger partial charge is 0.461 e. The number of rotatable bonds is 2. The molecule has 0 bridgehead atoms. The lowest BCUT2D eigenvalue weighted by Crippen LogP contribution is -1.97. The standard InChI is InChI=1S/C12H14O2/c1-8(7-13)10-3-4-11-5-9(2)14-12(11)6-10/h3-6,8,13H,7H2,1-2H3. The van der Waals surface area contributed by atoms with Crippen molar-refractivity contribution >= 4 is 11.0 Å². The van der Waals surface area contributed by atoms with Gasteiger partial charge in [0.1, 0.15) is 11.3 Å². The number of aliphatic hydroxyl groups excluding tert-OH is 1. The molecule has 0 amide bonds. The van der Waals surface area contributed by atoms with Crippen molar-refractivity contribution in [2.75, 3.05) is 6.61 Å². The second-order valence-electron chi connectivity index (χ2n) is 3.74. The van der Waals surface area contributed by atoms with Crippen molar-refractivity contribution in [3.63, 3.8) is 0 Å². The highest BCUT2D eigenvalue weighted by Crippen LogP contribution is 2.23. The maximum atomic E-state index is 9.03. The third kappa shape index (κ3) is 1.53. The van der Waals surface area contributed by atoms with Crippen LogP contribution in [0.5, 0.6) is 0 Å². The first kappa shape index (κ1) is 9.28. The van der Waals surface area contributed by atoms with E-state index in [0.717, 1.165) is 22.3 Å². The molecule has 74 valence electrons. The summed E-state index contributed by atoms with van der Waals surface area (Å²) in [6.07, 6.45) is 0. The quantitative estimate of drug-likeness (QED) is 0.790. The van der Waals surface area contributed by atoms with Gasteiger partial charge in [0, 0.05) is 17.9 Å². The molecule has 1 aromatic carbocycles. The number of benzene rings is 1. The van der Waals surface area contributed by atoms with Crippen LogP contribution in [-0.4, -0.2) is 11.7 Å². The van der Waals surface area contributed by atoms with E-state index in [1.807, 2.05) is 38.1 Å². The number of hydrogen-bond acceptors (Lipinski definition) is 2. The molecule has 0 spiro atoms. The zero-order valence-electron chi connectivity index (χ0n) is 8.45. The Bertz CT molecular complexity index is 443. The average Bonchev–Trinajstić information content (AvgIpc) is 2.55. The summed E-state index contributed by atoms with van der Waals surface area (Å²) in [7, 11) is 0. The molecule has 0 saturated heterocycles. The van der Waals surface area contributed by atoms with Gasteiger partial charge in [0.2, 0.25) is 0 Å². The molecular weight excluding hydrogens is 176 g/mol. The molecule has 1 heterocycles. The van der Waals surface area contributed by atoms with Crippen LogP contribution in [0.4, 0.5) is 0 Å². The molecule has 1 atom stereocenters. The Hall–Kier alpha value is -1.28. The summed E-state index contributed by atoms with van der Waals surface area (Å²) < 4.78 is 5.52. The SMILES string of the molecule is Cc1cc2ccc(C(C)CO)cc2o1. The van der Waals surface area contributed by atoms with E-state index in [2.05, 4.69) is 0 Å². The number of aliphatic hydroxyl groups is 1. The molecule has 0 aliphatic heterocycles. The predicted octanol–water partition coefficient (Wildman–Crippen LogP) is 2.84. The fourth-order valence-electron chi connectivity index (χ4n) is 1.59. The first-order chi connectivity index (χ1) is 6.70. The molecule has 2 aromatic rings. The topological polar surface area (TPSA) is 33.4 Å². The third-order valence-corrected chi connectivity index (χ3v) is 2.51. The van der Waals surface area contributed by atoms with Crippen molar-refractivity contribution < 1.29 is 9.52 Å². The zero-order chi connectivity index (χ0) is 10.1. The van der Waals surface area contributed by atoms with Crippen LogP contribution in [0.15, 0.2) is 28.7 Å². The summed E-state index contributed by atoms with van der Waals surface area (Å²) in [5, 5.41) is 10.2. The molecule has 0 saturated carbocycles. The first-order valence-corrected chi connectivity index (χ1v) is 4.81. The van der Waals surface area contributed by atoms with Gasteiger partial charge in [-0.1, -0.05) is 19.1 Å². The van der Waals surface area contributed by atoms with E-state index in [1.165, 1.54) is 0 Å². The van der Waals surface area contributed by atoms with Gasteiger partial charge in [-0.2, -0.15) is 0 Å². The molecule has 0 fully saturated rings. The third-order valence-electron chi connectivity index (χ3n) is 2.51. The molecule has 14 heavy (non-hydrogen) atoms.